The number of hydrogen-bond donors (Lipinski definition) is 0. The Morgan fingerprint density at radius 1 is 1.24 bits per heavy atom. The van der Waals surface area contributed by atoms with Crippen LogP contribution >= 0.6 is 11.3 Å². The van der Waals surface area contributed by atoms with Gasteiger partial charge in [-0.2, -0.15) is 5.10 Å². The van der Waals surface area contributed by atoms with E-state index in [1.165, 1.54) is 27.9 Å². The Hall–Kier alpha value is -3.52. The highest BCUT2D eigenvalue weighted by Gasteiger charge is 2.11. The molecule has 0 aliphatic rings. The minimum absolute atomic E-state index is 0.0615. The van der Waals surface area contributed by atoms with Crippen LogP contribution in [0.3, 0.4) is 0 Å². The Balaban J connectivity index is 1.47. The van der Waals surface area contributed by atoms with Crippen molar-refractivity contribution >= 4 is 28.3 Å². The number of rotatable bonds is 5. The average Bonchev–Trinajstić information content (AvgIpc) is 3.30. The Kier molecular flexibility index (Phi) is 5.09. The number of fused-ring (bicyclic) bond motifs is 1. The van der Waals surface area contributed by atoms with E-state index in [1.807, 2.05) is 48.9 Å². The van der Waals surface area contributed by atoms with Crippen molar-refractivity contribution < 1.29 is 9.53 Å². The SMILES string of the molecule is Cc1nn(-c2ccccc2)c(C)c1/C=C/C(=O)OCc1cc(=O)n2ccsc2n1. The molecule has 0 aliphatic carbocycles. The second-order valence-corrected chi connectivity index (χ2v) is 7.29. The first-order valence-electron chi connectivity index (χ1n) is 8.95. The number of carbonyl (C=O) groups is 1. The summed E-state index contributed by atoms with van der Waals surface area (Å²) < 4.78 is 8.53. The van der Waals surface area contributed by atoms with Crippen LogP contribution in [0.5, 0.6) is 0 Å². The zero-order chi connectivity index (χ0) is 20.4. The van der Waals surface area contributed by atoms with E-state index >= 15 is 0 Å². The van der Waals surface area contributed by atoms with Crippen LogP contribution in [-0.2, 0) is 16.1 Å². The number of esters is 1. The number of hydrogen-bond acceptors (Lipinski definition) is 6. The normalized spacial score (nSPS) is 11.4. The van der Waals surface area contributed by atoms with E-state index in [2.05, 4.69) is 10.1 Å². The molecule has 1 aromatic carbocycles. The molecule has 4 rings (SSSR count). The first-order valence-corrected chi connectivity index (χ1v) is 9.83. The van der Waals surface area contributed by atoms with Crippen molar-refractivity contribution in [2.24, 2.45) is 0 Å². The lowest BCUT2D eigenvalue weighted by Crippen LogP contribution is -2.14. The van der Waals surface area contributed by atoms with E-state index in [0.717, 1.165) is 22.6 Å². The topological polar surface area (TPSA) is 78.5 Å². The van der Waals surface area contributed by atoms with E-state index < -0.39 is 5.97 Å². The van der Waals surface area contributed by atoms with Crippen LogP contribution in [0.25, 0.3) is 16.7 Å². The fourth-order valence-corrected chi connectivity index (χ4v) is 3.76. The highest BCUT2D eigenvalue weighted by Crippen LogP contribution is 2.19. The predicted molar refractivity (Wildman–Crippen MR) is 111 cm³/mol. The number of thiazole rings is 1. The van der Waals surface area contributed by atoms with Crippen LogP contribution in [0.1, 0.15) is 22.6 Å². The predicted octanol–water partition coefficient (Wildman–Crippen LogP) is 3.32. The van der Waals surface area contributed by atoms with E-state index in [4.69, 9.17) is 4.74 Å². The summed E-state index contributed by atoms with van der Waals surface area (Å²) in [6, 6.07) is 11.2. The lowest BCUT2D eigenvalue weighted by molar-refractivity contribution is -0.139. The van der Waals surface area contributed by atoms with E-state index in [9.17, 15) is 9.59 Å². The molecule has 0 bridgehead atoms. The summed E-state index contributed by atoms with van der Waals surface area (Å²) in [5.41, 5.74) is 3.78. The maximum atomic E-state index is 12.1. The molecule has 0 unspecified atom stereocenters. The summed E-state index contributed by atoms with van der Waals surface area (Å²) in [6.45, 7) is 3.78. The molecule has 146 valence electrons. The molecule has 29 heavy (non-hydrogen) atoms. The van der Waals surface area contributed by atoms with Crippen molar-refractivity contribution in [2.75, 3.05) is 0 Å². The summed E-state index contributed by atoms with van der Waals surface area (Å²) in [6.07, 6.45) is 4.72. The van der Waals surface area contributed by atoms with Gasteiger partial charge in [-0.3, -0.25) is 9.20 Å². The standard InChI is InChI=1S/C21H18N4O3S/c1-14-18(15(2)25(23-14)17-6-4-3-5-7-17)8-9-20(27)28-13-16-12-19(26)24-10-11-29-21(24)22-16/h3-12H,13H2,1-2H3/b9-8+. The van der Waals surface area contributed by atoms with Gasteiger partial charge in [0.2, 0.25) is 0 Å². The van der Waals surface area contributed by atoms with E-state index in [-0.39, 0.29) is 12.2 Å². The van der Waals surface area contributed by atoms with Crippen LogP contribution in [0, 0.1) is 13.8 Å². The summed E-state index contributed by atoms with van der Waals surface area (Å²) >= 11 is 1.35. The Morgan fingerprint density at radius 2 is 2.03 bits per heavy atom. The molecule has 0 N–H and O–H groups in total. The molecule has 0 atom stereocenters. The van der Waals surface area contributed by atoms with Crippen molar-refractivity contribution in [2.45, 2.75) is 20.5 Å². The first-order chi connectivity index (χ1) is 14.0. The fraction of sp³-hybridized carbons (Fsp3) is 0.143. The summed E-state index contributed by atoms with van der Waals surface area (Å²) in [5.74, 6) is -0.510. The summed E-state index contributed by atoms with van der Waals surface area (Å²) in [5, 5.41) is 6.33. The second kappa shape index (κ2) is 7.84. The van der Waals surface area contributed by atoms with Crippen LogP contribution in [0.2, 0.25) is 0 Å². The monoisotopic (exact) mass is 406 g/mol. The quantitative estimate of drug-likeness (QED) is 0.375. The highest BCUT2D eigenvalue weighted by atomic mass is 32.1. The highest BCUT2D eigenvalue weighted by molar-refractivity contribution is 7.15. The molecule has 0 spiro atoms. The zero-order valence-corrected chi connectivity index (χ0v) is 16.7. The van der Waals surface area contributed by atoms with Crippen molar-refractivity contribution in [3.05, 3.63) is 87.1 Å². The molecule has 7 nitrogen and oxygen atoms in total. The third-order valence-corrected chi connectivity index (χ3v) is 5.21. The number of aryl methyl sites for hydroxylation is 1. The van der Waals surface area contributed by atoms with Gasteiger partial charge in [0.05, 0.1) is 17.1 Å². The minimum atomic E-state index is -0.510. The molecule has 0 saturated carbocycles. The van der Waals surface area contributed by atoms with Gasteiger partial charge < -0.3 is 4.74 Å². The number of nitrogens with zero attached hydrogens (tertiary/aromatic N) is 4. The molecule has 0 saturated heterocycles. The van der Waals surface area contributed by atoms with Gasteiger partial charge in [0.1, 0.15) is 6.61 Å². The van der Waals surface area contributed by atoms with Crippen molar-refractivity contribution in [3.63, 3.8) is 0 Å². The maximum Gasteiger partial charge on any atom is 0.331 e. The van der Waals surface area contributed by atoms with E-state index in [0.29, 0.717) is 10.7 Å². The molecule has 4 aromatic rings. The lowest BCUT2D eigenvalue weighted by Gasteiger charge is -2.04. The van der Waals surface area contributed by atoms with Crippen LogP contribution < -0.4 is 5.56 Å². The molecule has 0 fully saturated rings. The van der Waals surface area contributed by atoms with Crippen molar-refractivity contribution in [1.82, 2.24) is 19.2 Å². The van der Waals surface area contributed by atoms with Gasteiger partial charge in [-0.1, -0.05) is 18.2 Å². The number of aromatic nitrogens is 4. The molecular weight excluding hydrogens is 388 g/mol. The number of ether oxygens (including phenoxy) is 1. The lowest BCUT2D eigenvalue weighted by atomic mass is 10.2. The Bertz CT molecular complexity index is 1270. The van der Waals surface area contributed by atoms with Crippen LogP contribution in [0.15, 0.2) is 58.8 Å². The first kappa shape index (κ1) is 18.8. The molecule has 3 heterocycles. The van der Waals surface area contributed by atoms with Gasteiger partial charge in [-0.15, -0.1) is 11.3 Å². The third kappa shape index (κ3) is 3.88. The molecule has 8 heteroatoms. The Morgan fingerprint density at radius 3 is 2.83 bits per heavy atom. The van der Waals surface area contributed by atoms with Crippen molar-refractivity contribution in [1.29, 1.82) is 0 Å². The van der Waals surface area contributed by atoms with Gasteiger partial charge in [-0.05, 0) is 32.1 Å². The number of carbonyl (C=O) groups excluding carboxylic acids is 1. The van der Waals surface area contributed by atoms with Gasteiger partial charge >= 0.3 is 5.97 Å². The largest absolute Gasteiger partial charge is 0.456 e. The maximum absolute atomic E-state index is 12.1. The van der Waals surface area contributed by atoms with Crippen molar-refractivity contribution in [3.8, 4) is 5.69 Å². The van der Waals surface area contributed by atoms with Gasteiger partial charge in [0, 0.05) is 35.0 Å². The molecule has 0 amide bonds. The molecular formula is C21H18N4O3S. The zero-order valence-electron chi connectivity index (χ0n) is 15.9. The smallest absolute Gasteiger partial charge is 0.331 e. The van der Waals surface area contributed by atoms with Crippen LogP contribution in [-0.4, -0.2) is 25.1 Å². The minimum Gasteiger partial charge on any atom is -0.456 e. The molecule has 0 aliphatic heterocycles. The van der Waals surface area contributed by atoms with E-state index in [1.54, 1.807) is 17.7 Å². The molecule has 0 radical (unpaired) electrons. The van der Waals surface area contributed by atoms with Gasteiger partial charge in [0.15, 0.2) is 4.96 Å². The average molecular weight is 406 g/mol. The molecule has 3 aromatic heterocycles. The third-order valence-electron chi connectivity index (χ3n) is 4.45. The second-order valence-electron chi connectivity index (χ2n) is 6.41. The summed E-state index contributed by atoms with van der Waals surface area (Å²) in [4.78, 5) is 29.0. The summed E-state index contributed by atoms with van der Waals surface area (Å²) in [7, 11) is 0. The Labute approximate surface area is 170 Å². The van der Waals surface area contributed by atoms with Crippen LogP contribution in [0.4, 0.5) is 0 Å². The number of para-hydroxylation sites is 1. The number of benzene rings is 1. The van der Waals surface area contributed by atoms with Gasteiger partial charge in [-0.25, -0.2) is 14.5 Å². The van der Waals surface area contributed by atoms with Gasteiger partial charge in [0.25, 0.3) is 5.56 Å². The fourth-order valence-electron chi connectivity index (χ4n) is 3.02.